The Morgan fingerprint density at radius 2 is 1.83 bits per heavy atom. The largest absolute Gasteiger partial charge is 0.504 e. The Labute approximate surface area is 176 Å². The highest BCUT2D eigenvalue weighted by Crippen LogP contribution is 2.36. The number of benzene rings is 1. The molecule has 8 nitrogen and oxygen atoms in total. The number of carbonyl (C=O) groups is 1. The fourth-order valence-electron chi connectivity index (χ4n) is 3.21. The van der Waals surface area contributed by atoms with Crippen molar-refractivity contribution in [2.75, 3.05) is 4.90 Å². The summed E-state index contributed by atoms with van der Waals surface area (Å²) in [4.78, 5) is 26.1. The second-order valence-corrected chi connectivity index (χ2v) is 8.71. The third-order valence-electron chi connectivity index (χ3n) is 4.61. The van der Waals surface area contributed by atoms with E-state index in [0.717, 1.165) is 28.2 Å². The second-order valence-electron chi connectivity index (χ2n) is 6.41. The normalized spacial score (nSPS) is 13.8. The highest BCUT2D eigenvalue weighted by Gasteiger charge is 2.33. The van der Waals surface area contributed by atoms with Crippen LogP contribution in [0.1, 0.15) is 5.56 Å². The van der Waals surface area contributed by atoms with Crippen LogP contribution in [0, 0.1) is 44.1 Å². The molecule has 2 heterocycles. The summed E-state index contributed by atoms with van der Waals surface area (Å²) in [5.74, 6) is -1.45. The van der Waals surface area contributed by atoms with Crippen LogP contribution in [0.3, 0.4) is 0 Å². The van der Waals surface area contributed by atoms with E-state index in [1.165, 1.54) is 4.90 Å². The lowest BCUT2D eigenvalue weighted by Crippen LogP contribution is -2.27. The van der Waals surface area contributed by atoms with Gasteiger partial charge >= 0.3 is 0 Å². The van der Waals surface area contributed by atoms with Crippen LogP contribution >= 0.6 is 22.7 Å². The molecule has 1 aromatic rings. The Morgan fingerprint density at radius 3 is 2.40 bits per heavy atom. The number of amides is 1. The fourth-order valence-corrected chi connectivity index (χ4v) is 5.75. The van der Waals surface area contributed by atoms with Crippen molar-refractivity contribution < 1.29 is 9.90 Å². The molecule has 10 heteroatoms. The van der Waals surface area contributed by atoms with Gasteiger partial charge in [-0.1, -0.05) is 17.7 Å². The molecule has 0 aromatic heterocycles. The van der Waals surface area contributed by atoms with E-state index in [1.54, 1.807) is 18.2 Å². The summed E-state index contributed by atoms with van der Waals surface area (Å²) < 4.78 is 0.440. The predicted molar refractivity (Wildman–Crippen MR) is 113 cm³/mol. The lowest BCUT2D eigenvalue weighted by atomic mass is 10.2. The molecule has 1 amide bonds. The molecule has 0 bridgehead atoms. The number of nitrogens with one attached hydrogen (secondary N) is 1. The maximum atomic E-state index is 13.2. The number of aromatic hydroxyl groups is 1. The van der Waals surface area contributed by atoms with Crippen LogP contribution in [0.2, 0.25) is 0 Å². The number of anilines is 2. The van der Waals surface area contributed by atoms with Crippen LogP contribution in [0.4, 0.5) is 11.4 Å². The number of aryl methyl sites for hydroxylation is 1. The third kappa shape index (κ3) is 2.59. The first-order chi connectivity index (χ1) is 14.3. The van der Waals surface area contributed by atoms with Crippen LogP contribution in [0.5, 0.6) is 5.75 Å². The molecular weight excluding hydrogens is 422 g/mol. The molecule has 146 valence electrons. The Balaban J connectivity index is 2.19. The minimum atomic E-state index is -0.938. The number of nitriles is 2. The third-order valence-corrected chi connectivity index (χ3v) is 7.21. The SMILES string of the molecule is Cc1ccc(N2C(=N)C(C#N)=c3c2c(O)c2s/c(=C(\C#N)C(N)=O)sc=2c3=O)cc1. The van der Waals surface area contributed by atoms with Crippen LogP contribution in [0.15, 0.2) is 29.1 Å². The Bertz CT molecular complexity index is 1600. The van der Waals surface area contributed by atoms with Gasteiger partial charge in [0, 0.05) is 5.69 Å². The van der Waals surface area contributed by atoms with Crippen LogP contribution < -0.4 is 25.1 Å². The molecular formula is C20H11N5O3S2. The van der Waals surface area contributed by atoms with Gasteiger partial charge in [-0.3, -0.25) is 19.9 Å². The van der Waals surface area contributed by atoms with Gasteiger partial charge in [0.2, 0.25) is 5.43 Å². The zero-order valence-corrected chi connectivity index (χ0v) is 16.9. The molecule has 0 fully saturated rings. The van der Waals surface area contributed by atoms with Gasteiger partial charge in [0.15, 0.2) is 5.75 Å². The van der Waals surface area contributed by atoms with E-state index >= 15 is 0 Å². The van der Waals surface area contributed by atoms with Crippen molar-refractivity contribution in [3.05, 3.63) is 58.2 Å². The highest BCUT2D eigenvalue weighted by molar-refractivity contribution is 7.25. The minimum Gasteiger partial charge on any atom is -0.504 e. The summed E-state index contributed by atoms with van der Waals surface area (Å²) in [6.45, 7) is 1.90. The molecule has 2 aliphatic heterocycles. The number of nitrogens with two attached hydrogens (primary N) is 1. The first-order valence-corrected chi connectivity index (χ1v) is 10.1. The lowest BCUT2D eigenvalue weighted by molar-refractivity contribution is -0.112. The smallest absolute Gasteiger partial charge is 0.261 e. The monoisotopic (exact) mass is 433 g/mol. The van der Waals surface area contributed by atoms with E-state index in [1.807, 2.05) is 25.1 Å². The summed E-state index contributed by atoms with van der Waals surface area (Å²) in [5.41, 5.74) is 5.74. The number of amidine groups is 1. The van der Waals surface area contributed by atoms with E-state index in [9.17, 15) is 25.2 Å². The standard InChI is InChI=1S/C20H11N5O3S2/c1-8-2-4-9(5-3-8)25-13-12(10(6-21)18(25)23)14(26)16-17(15(13)27)30-20(29-16)11(7-22)19(24)28/h2-5,23,27H,1H3,(H2,24,28)/b20-11+,23-18?. The Kier molecular flexibility index (Phi) is 4.39. The molecule has 4 N–H and O–H groups in total. The van der Waals surface area contributed by atoms with Crippen molar-refractivity contribution in [1.29, 1.82) is 15.9 Å². The molecule has 3 aliphatic rings. The van der Waals surface area contributed by atoms with Crippen molar-refractivity contribution in [2.45, 2.75) is 6.92 Å². The Morgan fingerprint density at radius 1 is 1.20 bits per heavy atom. The molecule has 0 spiro atoms. The van der Waals surface area contributed by atoms with Crippen LogP contribution in [-0.4, -0.2) is 16.8 Å². The molecule has 1 aliphatic carbocycles. The summed E-state index contributed by atoms with van der Waals surface area (Å²) >= 11 is 1.75. The van der Waals surface area contributed by atoms with Crippen molar-refractivity contribution >= 4 is 56.9 Å². The predicted octanol–water partition coefficient (Wildman–Crippen LogP) is 0.871. The van der Waals surface area contributed by atoms with Crippen molar-refractivity contribution in [3.8, 4) is 17.9 Å². The van der Waals surface area contributed by atoms with Crippen molar-refractivity contribution in [3.63, 3.8) is 0 Å². The number of primary amides is 1. The quantitative estimate of drug-likeness (QED) is 0.545. The maximum absolute atomic E-state index is 13.2. The molecule has 0 saturated carbocycles. The van der Waals surface area contributed by atoms with Gasteiger partial charge in [-0.05, 0) is 19.1 Å². The molecule has 0 atom stereocenters. The zero-order valence-electron chi connectivity index (χ0n) is 15.3. The topological polar surface area (TPSA) is 155 Å². The summed E-state index contributed by atoms with van der Waals surface area (Å²) in [6, 6.07) is 10.7. The first-order valence-electron chi connectivity index (χ1n) is 8.43. The van der Waals surface area contributed by atoms with Gasteiger partial charge in [0.1, 0.15) is 38.7 Å². The van der Waals surface area contributed by atoms with Crippen LogP contribution in [0.25, 0.3) is 11.1 Å². The first kappa shape index (κ1) is 19.3. The summed E-state index contributed by atoms with van der Waals surface area (Å²) in [7, 11) is 0. The number of nitrogens with zero attached hydrogens (tertiary/aromatic N) is 3. The van der Waals surface area contributed by atoms with E-state index in [-0.39, 0.29) is 46.5 Å². The average molecular weight is 433 g/mol. The minimum absolute atomic E-state index is 0.0380. The zero-order chi connectivity index (χ0) is 21.7. The lowest BCUT2D eigenvalue weighted by Gasteiger charge is -2.21. The van der Waals surface area contributed by atoms with Gasteiger partial charge in [-0.2, -0.15) is 10.5 Å². The molecule has 1 aromatic carbocycles. The number of carbonyl (C=O) groups excluding carboxylic acids is 1. The van der Waals surface area contributed by atoms with Crippen molar-refractivity contribution in [1.82, 2.24) is 0 Å². The van der Waals surface area contributed by atoms with E-state index in [2.05, 4.69) is 0 Å². The fraction of sp³-hybridized carbons (Fsp3) is 0.0500. The number of hydrogen-bond donors (Lipinski definition) is 3. The van der Waals surface area contributed by atoms with Gasteiger partial charge in [0.25, 0.3) is 5.91 Å². The number of rotatable bonds is 2. The molecule has 0 radical (unpaired) electrons. The van der Waals surface area contributed by atoms with Gasteiger partial charge in [-0.25, -0.2) is 0 Å². The number of fused-ring (bicyclic) bond motifs is 1. The summed E-state index contributed by atoms with van der Waals surface area (Å²) in [5, 5.41) is 38.2. The van der Waals surface area contributed by atoms with E-state index in [0.29, 0.717) is 5.69 Å². The highest BCUT2D eigenvalue weighted by atomic mass is 32.2. The number of hydrogen-bond acceptors (Lipinski definition) is 8. The maximum Gasteiger partial charge on any atom is 0.261 e. The Hall–Kier alpha value is -3.99. The van der Waals surface area contributed by atoms with Gasteiger partial charge in [0.05, 0.1) is 14.3 Å². The van der Waals surface area contributed by atoms with E-state index < -0.39 is 11.3 Å². The molecule has 4 rings (SSSR count). The molecule has 0 unspecified atom stereocenters. The average Bonchev–Trinajstić information content (AvgIpc) is 3.27. The van der Waals surface area contributed by atoms with Crippen molar-refractivity contribution in [2.24, 2.45) is 5.73 Å². The molecule has 0 saturated heterocycles. The summed E-state index contributed by atoms with van der Waals surface area (Å²) in [6.07, 6.45) is 0. The van der Waals surface area contributed by atoms with E-state index in [4.69, 9.17) is 11.1 Å². The van der Waals surface area contributed by atoms with Gasteiger partial charge in [-0.15, -0.1) is 22.7 Å². The molecule has 30 heavy (non-hydrogen) atoms. The second kappa shape index (κ2) is 6.81. The van der Waals surface area contributed by atoms with Crippen LogP contribution in [-0.2, 0) is 4.79 Å². The van der Waals surface area contributed by atoms with Gasteiger partial charge < -0.3 is 10.8 Å².